The predicted octanol–water partition coefficient (Wildman–Crippen LogP) is -0.0275. The molecule has 1 spiro atoms. The van der Waals surface area contributed by atoms with Gasteiger partial charge in [-0.25, -0.2) is 4.79 Å². The third-order valence-electron chi connectivity index (χ3n) is 16.9. The van der Waals surface area contributed by atoms with Gasteiger partial charge in [-0.3, -0.25) is 14.4 Å². The van der Waals surface area contributed by atoms with E-state index in [4.69, 9.17) is 23.7 Å². The van der Waals surface area contributed by atoms with E-state index in [2.05, 4.69) is 0 Å². The summed E-state index contributed by atoms with van der Waals surface area (Å²) in [7, 11) is 0. The molecule has 0 unspecified atom stereocenters. The van der Waals surface area contributed by atoms with Gasteiger partial charge in [-0.05, 0) is 50.4 Å². The summed E-state index contributed by atoms with van der Waals surface area (Å²) in [6.45, 7) is 12.4. The Balaban J connectivity index is 1.32. The molecule has 50 heavy (non-hydrogen) atoms. The van der Waals surface area contributed by atoms with Crippen molar-refractivity contribution in [1.82, 2.24) is 0 Å². The molecule has 0 aromatic rings. The lowest BCUT2D eigenvalue weighted by atomic mass is 9.35. The second kappa shape index (κ2) is 8.87. The van der Waals surface area contributed by atoms with Crippen molar-refractivity contribution in [1.29, 1.82) is 0 Å². The van der Waals surface area contributed by atoms with Crippen LogP contribution in [0.4, 0.5) is 0 Å². The quantitative estimate of drug-likeness (QED) is 0.148. The zero-order chi connectivity index (χ0) is 36.5. The van der Waals surface area contributed by atoms with Crippen LogP contribution in [-0.4, -0.2) is 109 Å². The Bertz CT molecular complexity index is 1660. The Hall–Kier alpha value is -2.36. The van der Waals surface area contributed by atoms with Crippen LogP contribution in [0.3, 0.4) is 0 Å². The second-order valence-electron chi connectivity index (χ2n) is 18.4. The number of ether oxygens (including phenoxy) is 5. The summed E-state index contributed by atoms with van der Waals surface area (Å²) in [4.78, 5) is 52.4. The Labute approximate surface area is 289 Å². The molecule has 9 fully saturated rings. The van der Waals surface area contributed by atoms with E-state index in [9.17, 15) is 44.7 Å². The lowest BCUT2D eigenvalue weighted by Gasteiger charge is -2.68. The van der Waals surface area contributed by atoms with E-state index in [1.807, 2.05) is 20.8 Å². The van der Waals surface area contributed by atoms with Gasteiger partial charge in [0.25, 0.3) is 0 Å². The average Bonchev–Trinajstić information content (AvgIpc) is 3.85. The van der Waals surface area contributed by atoms with Crippen molar-refractivity contribution >= 4 is 23.9 Å². The summed E-state index contributed by atoms with van der Waals surface area (Å²) in [6.07, 6.45) is -6.62. The number of rotatable bonds is 3. The molecule has 2 saturated heterocycles. The largest absolute Gasteiger partial charge is 0.462 e. The fourth-order valence-corrected chi connectivity index (χ4v) is 15.2. The minimum absolute atomic E-state index is 0.0795. The van der Waals surface area contributed by atoms with Crippen LogP contribution in [0.15, 0.2) is 0 Å². The van der Waals surface area contributed by atoms with Gasteiger partial charge >= 0.3 is 23.9 Å². The molecular weight excluding hydrogens is 656 g/mol. The van der Waals surface area contributed by atoms with Crippen LogP contribution in [0.5, 0.6) is 0 Å². The highest BCUT2D eigenvalue weighted by molar-refractivity contribution is 5.85. The van der Waals surface area contributed by atoms with Crippen molar-refractivity contribution in [3.05, 3.63) is 0 Å². The van der Waals surface area contributed by atoms with Crippen molar-refractivity contribution in [2.75, 3.05) is 0 Å². The Morgan fingerprint density at radius 3 is 2.02 bits per heavy atom. The molecule has 0 aromatic carbocycles. The molecule has 14 heteroatoms. The average molecular weight is 705 g/mol. The van der Waals surface area contributed by atoms with Crippen LogP contribution in [0.1, 0.15) is 74.7 Å². The lowest BCUT2D eigenvalue weighted by Crippen LogP contribution is -2.76. The molecule has 2 bridgehead atoms. The number of esters is 4. The smallest absolute Gasteiger partial charge is 0.341 e. The number of hydrogen-bond donors (Lipinski definition) is 5. The van der Waals surface area contributed by atoms with Crippen LogP contribution in [-0.2, 0) is 42.9 Å². The van der Waals surface area contributed by atoms with Gasteiger partial charge in [-0.1, -0.05) is 20.8 Å². The molecule has 5 N–H and O–H groups in total. The summed E-state index contributed by atoms with van der Waals surface area (Å²) < 4.78 is 30.7. The number of fused-ring (bicyclic) bond motifs is 7. The van der Waals surface area contributed by atoms with E-state index < -0.39 is 146 Å². The third kappa shape index (κ3) is 3.05. The Morgan fingerprint density at radius 1 is 0.840 bits per heavy atom. The first-order valence-electron chi connectivity index (χ1n) is 17.9. The van der Waals surface area contributed by atoms with Crippen molar-refractivity contribution in [2.45, 2.75) is 134 Å². The Morgan fingerprint density at radius 2 is 1.42 bits per heavy atom. The fourth-order valence-electron chi connectivity index (χ4n) is 15.2. The number of epoxide rings is 1. The number of carbonyl (C=O) groups is 4. The van der Waals surface area contributed by atoms with Crippen molar-refractivity contribution in [3.63, 3.8) is 0 Å². The summed E-state index contributed by atoms with van der Waals surface area (Å²) in [5.74, 6) is -10.0. The fraction of sp³-hybridized carbons (Fsp3) is 0.889. The van der Waals surface area contributed by atoms with Crippen LogP contribution < -0.4 is 0 Å². The van der Waals surface area contributed by atoms with Crippen LogP contribution in [0, 0.1) is 63.1 Å². The maximum absolute atomic E-state index is 13.4. The standard InChI is InChI=1S/C36H48O14/c1-12-24-36(49-24)31(7,32(8,43)28(42)50-36)27-34(12)11-35(27,45)23-18-19(22(46-13(2)37)26(30(23,34)6)48-15(4)39)29(5)16(20(40)21(18)41)9-33(44)10-17(33)25(29)47-14(3)38/h12,16-27,40-41,43-45H,9-11H2,1-8H3/t12-,16-,17-,18+,19-,20+,21-,22+,23+,24-,25+,26+,27+,29+,30-,31+,32-,33-,34+,35+,36+/m1/s1. The molecule has 2 aliphatic heterocycles. The van der Waals surface area contributed by atoms with Crippen LogP contribution >= 0.6 is 0 Å². The first kappa shape index (κ1) is 33.5. The topological polar surface area (TPSA) is 219 Å². The number of aliphatic hydroxyl groups excluding tert-OH is 2. The lowest BCUT2D eigenvalue weighted by molar-refractivity contribution is -0.307. The molecule has 2 heterocycles. The summed E-state index contributed by atoms with van der Waals surface area (Å²) in [5, 5.41) is 61.4. The minimum Gasteiger partial charge on any atom is -0.462 e. The van der Waals surface area contributed by atoms with Gasteiger partial charge in [0.2, 0.25) is 5.79 Å². The van der Waals surface area contributed by atoms with E-state index in [1.54, 1.807) is 6.92 Å². The first-order valence-corrected chi connectivity index (χ1v) is 17.9. The highest BCUT2D eigenvalue weighted by Crippen LogP contribution is 2.93. The summed E-state index contributed by atoms with van der Waals surface area (Å²) >= 11 is 0. The molecule has 14 nitrogen and oxygen atoms in total. The van der Waals surface area contributed by atoms with E-state index >= 15 is 0 Å². The molecule has 9 aliphatic rings. The zero-order valence-corrected chi connectivity index (χ0v) is 29.5. The monoisotopic (exact) mass is 704 g/mol. The van der Waals surface area contributed by atoms with E-state index in [-0.39, 0.29) is 12.8 Å². The van der Waals surface area contributed by atoms with Crippen molar-refractivity contribution in [3.8, 4) is 0 Å². The van der Waals surface area contributed by atoms with Crippen LogP contribution in [0.25, 0.3) is 0 Å². The van der Waals surface area contributed by atoms with Gasteiger partial charge in [-0.15, -0.1) is 0 Å². The van der Waals surface area contributed by atoms with Crippen LogP contribution in [0.2, 0.25) is 0 Å². The summed E-state index contributed by atoms with van der Waals surface area (Å²) in [6, 6.07) is 0. The maximum Gasteiger partial charge on any atom is 0.341 e. The molecule has 7 aliphatic carbocycles. The van der Waals surface area contributed by atoms with Gasteiger partial charge < -0.3 is 49.2 Å². The normalized spacial score (nSPS) is 64.3. The number of carbonyl (C=O) groups excluding carboxylic acids is 4. The van der Waals surface area contributed by atoms with Crippen molar-refractivity contribution in [2.24, 2.45) is 63.1 Å². The SMILES string of the molecule is CC(=O)O[C@H]1[C@H]2[C@@H]([C@@H](O)[C@@H](O)[C@H]3C[C@@]4(O)C[C@@H]4[C@H](OC(C)=O)[C@]23C)[C@@H]2[C@@]3(O)C[C@@]4([C@H](C)[C@H]5O[C@]56OC(=O)[C@@](C)(O)[C@]6(C)[C@H]34)[C@@]2(C)[C@H]1OC(C)=O. The molecule has 0 radical (unpaired) electrons. The number of hydrogen-bond acceptors (Lipinski definition) is 14. The maximum atomic E-state index is 13.4. The molecule has 21 atom stereocenters. The molecule has 276 valence electrons. The molecule has 0 aromatic heterocycles. The molecule has 9 rings (SSSR count). The van der Waals surface area contributed by atoms with E-state index in [1.165, 1.54) is 27.7 Å². The minimum atomic E-state index is -2.11. The third-order valence-corrected chi connectivity index (χ3v) is 16.9. The number of aliphatic hydroxyl groups is 5. The highest BCUT2D eigenvalue weighted by Gasteiger charge is 3.02. The first-order chi connectivity index (χ1) is 23.0. The van der Waals surface area contributed by atoms with Gasteiger partial charge in [0, 0.05) is 61.2 Å². The molecule has 0 amide bonds. The van der Waals surface area contributed by atoms with Gasteiger partial charge in [-0.2, -0.15) is 0 Å². The molecule has 7 saturated carbocycles. The Kier molecular flexibility index (Phi) is 5.94. The van der Waals surface area contributed by atoms with Gasteiger partial charge in [0.1, 0.15) is 24.4 Å². The summed E-state index contributed by atoms with van der Waals surface area (Å²) in [5.41, 5.74) is -10.2. The predicted molar refractivity (Wildman–Crippen MR) is 164 cm³/mol. The van der Waals surface area contributed by atoms with Gasteiger partial charge in [0.05, 0.1) is 28.8 Å². The zero-order valence-electron chi connectivity index (χ0n) is 29.5. The van der Waals surface area contributed by atoms with E-state index in [0.717, 1.165) is 0 Å². The highest BCUT2D eigenvalue weighted by atomic mass is 16.8. The van der Waals surface area contributed by atoms with E-state index in [0.29, 0.717) is 6.42 Å². The van der Waals surface area contributed by atoms with Gasteiger partial charge in [0.15, 0.2) is 5.60 Å². The second-order valence-corrected chi connectivity index (χ2v) is 18.4. The van der Waals surface area contributed by atoms with Crippen molar-refractivity contribution < 1.29 is 68.4 Å². The molecular formula is C36H48O14.